The lowest BCUT2D eigenvalue weighted by molar-refractivity contribution is -0.115. The summed E-state index contributed by atoms with van der Waals surface area (Å²) in [6.45, 7) is 2.05. The average Bonchev–Trinajstić information content (AvgIpc) is 2.51. The summed E-state index contributed by atoms with van der Waals surface area (Å²) in [5.74, 6) is 0. The van der Waals surface area contributed by atoms with Crippen molar-refractivity contribution in [1.82, 2.24) is 9.62 Å². The minimum Gasteiger partial charge on any atom is -0.333 e. The van der Waals surface area contributed by atoms with Gasteiger partial charge in [0.25, 0.3) is 0 Å². The molecule has 19 heavy (non-hydrogen) atoms. The lowest BCUT2D eigenvalue weighted by Gasteiger charge is -2.41. The number of nitrogens with one attached hydrogen (secondary N) is 1. The predicted octanol–water partition coefficient (Wildman–Crippen LogP) is 1.80. The third kappa shape index (κ3) is 5.06. The molecule has 2 aliphatic rings. The summed E-state index contributed by atoms with van der Waals surface area (Å²) in [7, 11) is 1.50. The first-order valence-corrected chi connectivity index (χ1v) is 8.57. The maximum atomic E-state index is 11.5. The maximum absolute atomic E-state index is 11.5. The van der Waals surface area contributed by atoms with Gasteiger partial charge in [-0.3, -0.25) is 4.31 Å². The highest BCUT2D eigenvalue weighted by atomic mass is 32.2. The molecular formula is C14H29N3OS. The largest absolute Gasteiger partial charge is 0.333 e. The van der Waals surface area contributed by atoms with E-state index in [9.17, 15) is 4.79 Å². The Labute approximate surface area is 122 Å². The van der Waals surface area contributed by atoms with E-state index in [1.54, 1.807) is 11.9 Å². The SMILES string of the molecule is CN.CSN1CCC(C=O)(NC2CCCCC2)CC1. The number of rotatable bonds is 4. The van der Waals surface area contributed by atoms with Crippen molar-refractivity contribution < 1.29 is 4.79 Å². The van der Waals surface area contributed by atoms with Crippen molar-refractivity contribution in [2.45, 2.75) is 56.5 Å². The van der Waals surface area contributed by atoms with E-state index in [0.717, 1.165) is 25.9 Å². The molecule has 0 unspecified atom stereocenters. The Balaban J connectivity index is 0.000000861. The molecule has 2 rings (SSSR count). The Morgan fingerprint density at radius 3 is 2.26 bits per heavy atom. The van der Waals surface area contributed by atoms with Gasteiger partial charge in [-0.15, -0.1) is 0 Å². The Kier molecular flexibility index (Phi) is 7.99. The second kappa shape index (κ2) is 8.95. The number of carbonyl (C=O) groups excluding carboxylic acids is 1. The molecule has 0 radical (unpaired) electrons. The topological polar surface area (TPSA) is 58.4 Å². The molecule has 1 aliphatic carbocycles. The number of nitrogens with two attached hydrogens (primary N) is 1. The van der Waals surface area contributed by atoms with E-state index in [-0.39, 0.29) is 5.54 Å². The summed E-state index contributed by atoms with van der Waals surface area (Å²) in [4.78, 5) is 11.5. The molecule has 3 N–H and O–H groups in total. The van der Waals surface area contributed by atoms with E-state index >= 15 is 0 Å². The summed E-state index contributed by atoms with van der Waals surface area (Å²) in [5.41, 5.74) is 4.27. The minimum absolute atomic E-state index is 0.228. The zero-order valence-corrected chi connectivity index (χ0v) is 13.2. The van der Waals surface area contributed by atoms with Crippen LogP contribution in [0, 0.1) is 0 Å². The molecule has 1 saturated heterocycles. The van der Waals surface area contributed by atoms with Crippen LogP contribution in [0.1, 0.15) is 44.9 Å². The van der Waals surface area contributed by atoms with Gasteiger partial charge >= 0.3 is 0 Å². The quantitative estimate of drug-likeness (QED) is 0.610. The van der Waals surface area contributed by atoms with Gasteiger partial charge in [0.05, 0.1) is 5.54 Å². The van der Waals surface area contributed by atoms with Crippen molar-refractivity contribution in [1.29, 1.82) is 0 Å². The highest BCUT2D eigenvalue weighted by molar-refractivity contribution is 7.96. The first-order chi connectivity index (χ1) is 9.28. The highest BCUT2D eigenvalue weighted by Crippen LogP contribution is 2.27. The van der Waals surface area contributed by atoms with Gasteiger partial charge in [-0.2, -0.15) is 0 Å². The van der Waals surface area contributed by atoms with Crippen LogP contribution < -0.4 is 11.1 Å². The molecule has 0 aromatic heterocycles. The van der Waals surface area contributed by atoms with E-state index in [1.165, 1.54) is 45.4 Å². The zero-order chi connectivity index (χ0) is 14.1. The number of nitrogens with zero attached hydrogens (tertiary/aromatic N) is 1. The van der Waals surface area contributed by atoms with E-state index in [2.05, 4.69) is 21.6 Å². The summed E-state index contributed by atoms with van der Waals surface area (Å²) < 4.78 is 2.35. The van der Waals surface area contributed by atoms with Crippen molar-refractivity contribution in [2.24, 2.45) is 5.73 Å². The highest BCUT2D eigenvalue weighted by Gasteiger charge is 2.36. The van der Waals surface area contributed by atoms with Crippen molar-refractivity contribution in [2.75, 3.05) is 26.4 Å². The molecule has 112 valence electrons. The molecular weight excluding hydrogens is 258 g/mol. The van der Waals surface area contributed by atoms with Crippen LogP contribution in [0.25, 0.3) is 0 Å². The molecule has 2 fully saturated rings. The van der Waals surface area contributed by atoms with Crippen molar-refractivity contribution in [3.8, 4) is 0 Å². The fourth-order valence-electron chi connectivity index (χ4n) is 3.02. The fraction of sp³-hybridized carbons (Fsp3) is 0.929. The first kappa shape index (κ1) is 17.0. The third-order valence-corrected chi connectivity index (χ3v) is 5.08. The maximum Gasteiger partial charge on any atom is 0.140 e. The zero-order valence-electron chi connectivity index (χ0n) is 12.4. The Morgan fingerprint density at radius 2 is 1.79 bits per heavy atom. The van der Waals surface area contributed by atoms with Gasteiger partial charge in [-0.1, -0.05) is 31.2 Å². The van der Waals surface area contributed by atoms with Crippen LogP contribution in [0.4, 0.5) is 0 Å². The Hall–Kier alpha value is -0.100. The van der Waals surface area contributed by atoms with Gasteiger partial charge in [0.15, 0.2) is 0 Å². The van der Waals surface area contributed by atoms with Crippen LogP contribution in [-0.4, -0.2) is 48.6 Å². The van der Waals surface area contributed by atoms with Crippen molar-refractivity contribution >= 4 is 18.2 Å². The van der Waals surface area contributed by atoms with Crippen LogP contribution >= 0.6 is 11.9 Å². The van der Waals surface area contributed by atoms with Gasteiger partial charge in [-0.05, 0) is 39.0 Å². The molecule has 4 nitrogen and oxygen atoms in total. The number of aldehydes is 1. The summed E-state index contributed by atoms with van der Waals surface area (Å²) >= 11 is 1.79. The molecule has 0 atom stereocenters. The second-order valence-corrected chi connectivity index (χ2v) is 6.25. The Bertz CT molecular complexity index is 249. The minimum atomic E-state index is -0.228. The van der Waals surface area contributed by atoms with E-state index in [4.69, 9.17) is 0 Å². The molecule has 0 amide bonds. The molecule has 5 heteroatoms. The second-order valence-electron chi connectivity index (χ2n) is 5.36. The van der Waals surface area contributed by atoms with Gasteiger partial charge in [0.2, 0.25) is 0 Å². The normalized spacial score (nSPS) is 24.4. The van der Waals surface area contributed by atoms with Crippen LogP contribution in [-0.2, 0) is 4.79 Å². The molecule has 1 aliphatic heterocycles. The molecule has 0 aromatic carbocycles. The monoisotopic (exact) mass is 287 g/mol. The Morgan fingerprint density at radius 1 is 1.21 bits per heavy atom. The summed E-state index contributed by atoms with van der Waals surface area (Å²) in [5, 5.41) is 3.66. The standard InChI is InChI=1S/C13H24N2OS.CH5N/c1-17-15-9-7-13(11-16,8-10-15)14-12-5-3-2-4-6-12;1-2/h11-12,14H,2-10H2,1H3;2H2,1H3. The van der Waals surface area contributed by atoms with Gasteiger partial charge in [-0.25, -0.2) is 0 Å². The fourth-order valence-corrected chi connectivity index (χ4v) is 3.57. The van der Waals surface area contributed by atoms with Crippen molar-refractivity contribution in [3.63, 3.8) is 0 Å². The van der Waals surface area contributed by atoms with Crippen LogP contribution in [0.5, 0.6) is 0 Å². The van der Waals surface area contributed by atoms with Gasteiger partial charge in [0.1, 0.15) is 6.29 Å². The van der Waals surface area contributed by atoms with Crippen molar-refractivity contribution in [3.05, 3.63) is 0 Å². The lowest BCUT2D eigenvalue weighted by Crippen LogP contribution is -2.57. The number of hydrogen-bond donors (Lipinski definition) is 2. The third-order valence-electron chi connectivity index (χ3n) is 4.20. The molecule has 0 aromatic rings. The molecule has 1 saturated carbocycles. The van der Waals surface area contributed by atoms with E-state index in [0.29, 0.717) is 6.04 Å². The van der Waals surface area contributed by atoms with Crippen LogP contribution in [0.2, 0.25) is 0 Å². The number of hydrogen-bond acceptors (Lipinski definition) is 5. The lowest BCUT2D eigenvalue weighted by atomic mass is 9.86. The predicted molar refractivity (Wildman–Crippen MR) is 83.2 cm³/mol. The number of piperidine rings is 1. The number of carbonyl (C=O) groups is 1. The van der Waals surface area contributed by atoms with Gasteiger partial charge < -0.3 is 15.8 Å². The van der Waals surface area contributed by atoms with E-state index < -0.39 is 0 Å². The van der Waals surface area contributed by atoms with Crippen LogP contribution in [0.3, 0.4) is 0 Å². The van der Waals surface area contributed by atoms with Gasteiger partial charge in [0, 0.05) is 19.1 Å². The molecule has 0 spiro atoms. The summed E-state index contributed by atoms with van der Waals surface area (Å²) in [6.07, 6.45) is 11.7. The molecule has 1 heterocycles. The molecule has 0 bridgehead atoms. The summed E-state index contributed by atoms with van der Waals surface area (Å²) in [6, 6.07) is 0.578. The van der Waals surface area contributed by atoms with E-state index in [1.807, 2.05) is 0 Å². The van der Waals surface area contributed by atoms with Crippen LogP contribution in [0.15, 0.2) is 0 Å². The first-order valence-electron chi connectivity index (χ1n) is 7.39. The average molecular weight is 287 g/mol. The smallest absolute Gasteiger partial charge is 0.140 e.